The molecular formula is C44H43N7O6. The van der Waals surface area contributed by atoms with E-state index in [1.807, 2.05) is 78.9 Å². The van der Waals surface area contributed by atoms with Crippen molar-refractivity contribution in [2.75, 3.05) is 48.9 Å². The van der Waals surface area contributed by atoms with Gasteiger partial charge in [-0.3, -0.25) is 29.5 Å². The number of aromatic nitrogens is 2. The molecule has 6 aromatic rings. The Morgan fingerprint density at radius 2 is 1.39 bits per heavy atom. The summed E-state index contributed by atoms with van der Waals surface area (Å²) in [4.78, 5) is 62.0. The van der Waals surface area contributed by atoms with Gasteiger partial charge in [0.2, 0.25) is 11.8 Å². The third-order valence-electron chi connectivity index (χ3n) is 9.23. The lowest BCUT2D eigenvalue weighted by atomic mass is 10.0. The number of nitrogens with one attached hydrogen (secondary N) is 3. The molecule has 0 aliphatic rings. The molecule has 2 aromatic heterocycles. The van der Waals surface area contributed by atoms with E-state index in [-0.39, 0.29) is 42.8 Å². The second kappa shape index (κ2) is 19.0. The van der Waals surface area contributed by atoms with Crippen LogP contribution in [-0.2, 0) is 16.1 Å². The number of likely N-dealkylation sites (N-methyl/N-ethyl adjacent to an activating group) is 1. The van der Waals surface area contributed by atoms with Gasteiger partial charge in [-0.1, -0.05) is 55.5 Å². The van der Waals surface area contributed by atoms with Crippen molar-refractivity contribution >= 4 is 41.0 Å². The van der Waals surface area contributed by atoms with Gasteiger partial charge in [-0.05, 0) is 82.4 Å². The fourth-order valence-corrected chi connectivity index (χ4v) is 5.90. The topological polar surface area (TPSA) is 159 Å². The number of anilines is 3. The summed E-state index contributed by atoms with van der Waals surface area (Å²) in [6.45, 7) is 2.89. The van der Waals surface area contributed by atoms with E-state index >= 15 is 0 Å². The van der Waals surface area contributed by atoms with Crippen LogP contribution in [0.2, 0.25) is 0 Å². The Morgan fingerprint density at radius 1 is 0.737 bits per heavy atom. The van der Waals surface area contributed by atoms with Gasteiger partial charge in [0.15, 0.2) is 0 Å². The molecule has 290 valence electrons. The Labute approximate surface area is 330 Å². The zero-order chi connectivity index (χ0) is 40.1. The van der Waals surface area contributed by atoms with Crippen LogP contribution in [0.25, 0.3) is 22.3 Å². The normalized spacial score (nSPS) is 10.7. The standard InChI is InChI=1S/C44H43N7O6/c1-4-40(52)51(3)38-20-17-36(33-9-11-34(12-10-33)42(54)48-28-30-6-5-21-45-27-30)26-39(38)56-24-22-46-29-41(53)50(2)37-18-15-32(16-19-37)31-7-13-35(14-8-31)43(55)49-44-47-23-25-57-44/h5-21,23,25-27,46H,4,22,24,28-29H2,1-3H3,(H,48,54)(H,47,49,55). The molecule has 0 saturated carbocycles. The molecule has 0 aliphatic carbocycles. The summed E-state index contributed by atoms with van der Waals surface area (Å²) in [6, 6.07) is 31.5. The van der Waals surface area contributed by atoms with Crippen molar-refractivity contribution < 1.29 is 28.3 Å². The van der Waals surface area contributed by atoms with E-state index in [0.717, 1.165) is 33.5 Å². The first kappa shape index (κ1) is 39.6. The maximum Gasteiger partial charge on any atom is 0.301 e. The van der Waals surface area contributed by atoms with Crippen molar-refractivity contribution in [1.82, 2.24) is 20.6 Å². The molecule has 57 heavy (non-hydrogen) atoms. The molecule has 2 heterocycles. The number of ether oxygens (including phenoxy) is 1. The summed E-state index contributed by atoms with van der Waals surface area (Å²) in [5.41, 5.74) is 6.84. The van der Waals surface area contributed by atoms with E-state index in [0.29, 0.717) is 42.1 Å². The van der Waals surface area contributed by atoms with Crippen LogP contribution in [0, 0.1) is 0 Å². The summed E-state index contributed by atoms with van der Waals surface area (Å²) < 4.78 is 11.3. The summed E-state index contributed by atoms with van der Waals surface area (Å²) in [6.07, 6.45) is 6.57. The lowest BCUT2D eigenvalue weighted by Gasteiger charge is -2.22. The lowest BCUT2D eigenvalue weighted by molar-refractivity contribution is -0.118. The average molecular weight is 766 g/mol. The predicted octanol–water partition coefficient (Wildman–Crippen LogP) is 6.59. The van der Waals surface area contributed by atoms with Crippen molar-refractivity contribution in [2.45, 2.75) is 19.9 Å². The van der Waals surface area contributed by atoms with Gasteiger partial charge in [-0.15, -0.1) is 0 Å². The third kappa shape index (κ3) is 10.3. The maximum absolute atomic E-state index is 13.1. The van der Waals surface area contributed by atoms with E-state index in [1.165, 1.54) is 12.5 Å². The van der Waals surface area contributed by atoms with E-state index in [4.69, 9.17) is 9.15 Å². The number of hydrogen-bond donors (Lipinski definition) is 3. The first-order valence-electron chi connectivity index (χ1n) is 18.4. The van der Waals surface area contributed by atoms with Crippen molar-refractivity contribution in [3.8, 4) is 28.0 Å². The number of benzene rings is 4. The van der Waals surface area contributed by atoms with Gasteiger partial charge in [-0.25, -0.2) is 4.98 Å². The van der Waals surface area contributed by atoms with Crippen LogP contribution < -0.4 is 30.5 Å². The van der Waals surface area contributed by atoms with Gasteiger partial charge >= 0.3 is 6.01 Å². The number of rotatable bonds is 16. The maximum atomic E-state index is 13.1. The summed E-state index contributed by atoms with van der Waals surface area (Å²) in [7, 11) is 3.43. The Kier molecular flexibility index (Phi) is 13.2. The molecule has 0 bridgehead atoms. The lowest BCUT2D eigenvalue weighted by Crippen LogP contribution is -2.37. The monoisotopic (exact) mass is 765 g/mol. The predicted molar refractivity (Wildman–Crippen MR) is 219 cm³/mol. The molecule has 0 unspecified atom stereocenters. The average Bonchev–Trinajstić information content (AvgIpc) is 3.78. The SMILES string of the molecule is CCC(=O)N(C)c1ccc(-c2ccc(C(=O)NCc3cccnc3)cc2)cc1OCCNCC(=O)N(C)c1ccc(-c2ccc(C(=O)Nc3ncco3)cc2)cc1. The number of carbonyl (C=O) groups is 4. The number of hydrogen-bond acceptors (Lipinski definition) is 9. The number of oxazole rings is 1. The molecule has 0 aliphatic heterocycles. The Balaban J connectivity index is 1.01. The van der Waals surface area contributed by atoms with Crippen LogP contribution >= 0.6 is 0 Å². The number of pyridine rings is 1. The summed E-state index contributed by atoms with van der Waals surface area (Å²) in [5, 5.41) is 8.67. The molecule has 4 amide bonds. The highest BCUT2D eigenvalue weighted by atomic mass is 16.5. The van der Waals surface area contributed by atoms with Crippen molar-refractivity contribution in [2.24, 2.45) is 0 Å². The largest absolute Gasteiger partial charge is 0.490 e. The fourth-order valence-electron chi connectivity index (χ4n) is 5.90. The molecule has 3 N–H and O–H groups in total. The molecular weight excluding hydrogens is 723 g/mol. The van der Waals surface area contributed by atoms with Gasteiger partial charge in [-0.2, -0.15) is 0 Å². The van der Waals surface area contributed by atoms with Crippen molar-refractivity contribution in [3.63, 3.8) is 0 Å². The summed E-state index contributed by atoms with van der Waals surface area (Å²) >= 11 is 0. The second-order valence-electron chi connectivity index (χ2n) is 13.0. The molecule has 0 radical (unpaired) electrons. The van der Waals surface area contributed by atoms with Crippen LogP contribution in [-0.4, -0.2) is 67.4 Å². The van der Waals surface area contributed by atoms with Gasteiger partial charge < -0.3 is 29.6 Å². The van der Waals surface area contributed by atoms with Gasteiger partial charge in [0.1, 0.15) is 18.6 Å². The molecule has 0 atom stereocenters. The van der Waals surface area contributed by atoms with Crippen LogP contribution in [0.3, 0.4) is 0 Å². The Bertz CT molecular complexity index is 2280. The minimum atomic E-state index is -0.324. The summed E-state index contributed by atoms with van der Waals surface area (Å²) in [5.74, 6) is -0.184. The first-order valence-corrected chi connectivity index (χ1v) is 18.4. The molecule has 0 fully saturated rings. The van der Waals surface area contributed by atoms with Crippen LogP contribution in [0.4, 0.5) is 17.4 Å². The van der Waals surface area contributed by atoms with Crippen LogP contribution in [0.5, 0.6) is 5.75 Å². The molecule has 0 spiro atoms. The first-order chi connectivity index (χ1) is 27.7. The molecule has 0 saturated heterocycles. The Hall–Kier alpha value is -7.12. The number of amides is 4. The number of carbonyl (C=O) groups excluding carboxylic acids is 4. The quantitative estimate of drug-likeness (QED) is 0.0925. The zero-order valence-corrected chi connectivity index (χ0v) is 31.9. The highest BCUT2D eigenvalue weighted by Gasteiger charge is 2.17. The fraction of sp³-hybridized carbons (Fsp3) is 0.182. The minimum Gasteiger partial charge on any atom is -0.490 e. The van der Waals surface area contributed by atoms with E-state index in [2.05, 4.69) is 25.9 Å². The zero-order valence-electron chi connectivity index (χ0n) is 31.9. The highest BCUT2D eigenvalue weighted by molar-refractivity contribution is 6.03. The van der Waals surface area contributed by atoms with Gasteiger partial charge in [0.05, 0.1) is 18.4 Å². The minimum absolute atomic E-state index is 0.0593. The highest BCUT2D eigenvalue weighted by Crippen LogP contribution is 2.34. The van der Waals surface area contributed by atoms with E-state index in [9.17, 15) is 19.2 Å². The molecule has 13 nitrogen and oxygen atoms in total. The smallest absolute Gasteiger partial charge is 0.301 e. The van der Waals surface area contributed by atoms with Gasteiger partial charge in [0.25, 0.3) is 11.8 Å². The van der Waals surface area contributed by atoms with Crippen LogP contribution in [0.15, 0.2) is 132 Å². The van der Waals surface area contributed by atoms with Crippen molar-refractivity contribution in [1.29, 1.82) is 0 Å². The Morgan fingerprint density at radius 3 is 2.02 bits per heavy atom. The third-order valence-corrected chi connectivity index (χ3v) is 9.23. The number of nitrogens with zero attached hydrogens (tertiary/aromatic N) is 4. The molecule has 4 aromatic carbocycles. The van der Waals surface area contributed by atoms with Crippen LogP contribution in [0.1, 0.15) is 39.6 Å². The van der Waals surface area contributed by atoms with E-state index < -0.39 is 0 Å². The van der Waals surface area contributed by atoms with Crippen molar-refractivity contribution in [3.05, 3.63) is 145 Å². The van der Waals surface area contributed by atoms with Gasteiger partial charge in [0, 0.05) is 62.8 Å². The van der Waals surface area contributed by atoms with E-state index in [1.54, 1.807) is 67.5 Å². The molecule has 13 heteroatoms. The molecule has 6 rings (SSSR count). The second-order valence-corrected chi connectivity index (χ2v) is 13.0.